The minimum atomic E-state index is -0.386. The first-order chi connectivity index (χ1) is 11.2. The average Bonchev–Trinajstić information content (AvgIpc) is 3.04. The first-order valence-corrected chi connectivity index (χ1v) is 8.47. The van der Waals surface area contributed by atoms with Crippen LogP contribution in [0.25, 0.3) is 0 Å². The van der Waals surface area contributed by atoms with Crippen LogP contribution in [0.4, 0.5) is 5.69 Å². The summed E-state index contributed by atoms with van der Waals surface area (Å²) >= 11 is 6.19. The summed E-state index contributed by atoms with van der Waals surface area (Å²) < 4.78 is 1.77. The largest absolute Gasteiger partial charge is 0.390 e. The molecule has 1 unspecified atom stereocenters. The molecule has 0 aliphatic carbocycles. The minimum Gasteiger partial charge on any atom is -0.390 e. The highest BCUT2D eigenvalue weighted by Gasteiger charge is 2.21. The Morgan fingerprint density at radius 2 is 2.00 bits per heavy atom. The second kappa shape index (κ2) is 7.81. The van der Waals surface area contributed by atoms with E-state index in [4.69, 9.17) is 11.6 Å². The fraction of sp³-hybridized carbons (Fsp3) is 0.471. The van der Waals surface area contributed by atoms with Gasteiger partial charge in [0, 0.05) is 38.1 Å². The van der Waals surface area contributed by atoms with Crippen molar-refractivity contribution < 1.29 is 5.11 Å². The zero-order valence-corrected chi connectivity index (χ0v) is 13.9. The lowest BCUT2D eigenvalue weighted by atomic mass is 10.0. The van der Waals surface area contributed by atoms with Gasteiger partial charge >= 0.3 is 0 Å². The normalized spacial score (nSPS) is 18.0. The number of aromatic nitrogens is 2. The zero-order chi connectivity index (χ0) is 16.1. The van der Waals surface area contributed by atoms with E-state index in [1.807, 2.05) is 36.5 Å². The molecule has 1 atom stereocenters. The Bertz CT molecular complexity index is 596. The predicted molar refractivity (Wildman–Crippen MR) is 92.8 cm³/mol. The molecule has 2 heterocycles. The van der Waals surface area contributed by atoms with Crippen LogP contribution >= 0.6 is 11.6 Å². The second-order valence-electron chi connectivity index (χ2n) is 6.08. The molecule has 1 aliphatic rings. The van der Waals surface area contributed by atoms with Crippen molar-refractivity contribution in [1.29, 1.82) is 0 Å². The maximum atomic E-state index is 10.2. The molecule has 0 bridgehead atoms. The molecule has 124 valence electrons. The average molecular weight is 335 g/mol. The molecule has 0 radical (unpaired) electrons. The molecule has 1 fully saturated rings. The Hall–Kier alpha value is -1.56. The van der Waals surface area contributed by atoms with Crippen molar-refractivity contribution in [3.63, 3.8) is 0 Å². The molecular formula is C17H23ClN4O. The van der Waals surface area contributed by atoms with Crippen LogP contribution in [0.15, 0.2) is 42.7 Å². The van der Waals surface area contributed by atoms with Gasteiger partial charge in [-0.15, -0.1) is 0 Å². The lowest BCUT2D eigenvalue weighted by Crippen LogP contribution is -2.43. The number of benzene rings is 1. The first-order valence-electron chi connectivity index (χ1n) is 8.09. The Labute approximate surface area is 141 Å². The first kappa shape index (κ1) is 16.3. The van der Waals surface area contributed by atoms with Gasteiger partial charge in [-0.3, -0.25) is 4.68 Å². The Balaban J connectivity index is 1.42. The van der Waals surface area contributed by atoms with Crippen molar-refractivity contribution in [1.82, 2.24) is 14.7 Å². The van der Waals surface area contributed by atoms with Gasteiger partial charge in [0.2, 0.25) is 0 Å². The summed E-state index contributed by atoms with van der Waals surface area (Å²) in [4.78, 5) is 2.32. The molecule has 5 nitrogen and oxygen atoms in total. The van der Waals surface area contributed by atoms with E-state index < -0.39 is 0 Å². The molecule has 0 amide bonds. The number of para-hydroxylation sites is 1. The lowest BCUT2D eigenvalue weighted by molar-refractivity contribution is 0.0838. The van der Waals surface area contributed by atoms with Crippen LogP contribution in [-0.4, -0.2) is 51.6 Å². The molecule has 1 aromatic heterocycles. The number of piperidine rings is 1. The van der Waals surface area contributed by atoms with Gasteiger partial charge in [-0.1, -0.05) is 23.7 Å². The molecule has 3 rings (SSSR count). The highest BCUT2D eigenvalue weighted by molar-refractivity contribution is 6.33. The van der Waals surface area contributed by atoms with Crippen LogP contribution in [0, 0.1) is 0 Å². The number of aliphatic hydroxyl groups is 1. The monoisotopic (exact) mass is 334 g/mol. The van der Waals surface area contributed by atoms with Crippen LogP contribution < -0.4 is 5.32 Å². The molecule has 0 spiro atoms. The number of hydrogen-bond donors (Lipinski definition) is 2. The predicted octanol–water partition coefficient (Wildman–Crippen LogP) is 2.47. The van der Waals surface area contributed by atoms with E-state index in [2.05, 4.69) is 15.3 Å². The number of nitrogens with zero attached hydrogens (tertiary/aromatic N) is 3. The third-order valence-electron chi connectivity index (χ3n) is 4.25. The van der Waals surface area contributed by atoms with Crippen LogP contribution in [0.3, 0.4) is 0 Å². The molecular weight excluding hydrogens is 312 g/mol. The Morgan fingerprint density at radius 1 is 1.22 bits per heavy atom. The lowest BCUT2D eigenvalue weighted by Gasteiger charge is -2.34. The van der Waals surface area contributed by atoms with Gasteiger partial charge in [-0.2, -0.15) is 5.10 Å². The quantitative estimate of drug-likeness (QED) is 0.852. The summed E-state index contributed by atoms with van der Waals surface area (Å²) in [6.45, 7) is 3.21. The van der Waals surface area contributed by atoms with Crippen LogP contribution in [-0.2, 0) is 6.54 Å². The van der Waals surface area contributed by atoms with Crippen molar-refractivity contribution in [2.24, 2.45) is 0 Å². The van der Waals surface area contributed by atoms with Crippen molar-refractivity contribution in [2.45, 2.75) is 31.5 Å². The number of hydrogen-bond acceptors (Lipinski definition) is 4. The molecule has 2 aromatic rings. The molecule has 1 saturated heterocycles. The number of nitrogens with one attached hydrogen (secondary N) is 1. The second-order valence-corrected chi connectivity index (χ2v) is 6.49. The smallest absolute Gasteiger partial charge is 0.0862 e. The Morgan fingerprint density at radius 3 is 2.70 bits per heavy atom. The highest BCUT2D eigenvalue weighted by atomic mass is 35.5. The molecule has 23 heavy (non-hydrogen) atoms. The minimum absolute atomic E-state index is 0.386. The number of anilines is 1. The molecule has 6 heteroatoms. The van der Waals surface area contributed by atoms with Gasteiger partial charge in [0.1, 0.15) is 0 Å². The van der Waals surface area contributed by atoms with Crippen molar-refractivity contribution in [3.8, 4) is 0 Å². The summed E-state index contributed by atoms with van der Waals surface area (Å²) in [5.74, 6) is 0. The number of β-amino-alcohol motifs (C(OH)–C–C–N with tert-alkyl or cyclic N) is 1. The highest BCUT2D eigenvalue weighted by Crippen LogP contribution is 2.24. The van der Waals surface area contributed by atoms with E-state index in [1.165, 1.54) is 0 Å². The Kier molecular flexibility index (Phi) is 5.54. The van der Waals surface area contributed by atoms with E-state index in [0.717, 1.165) is 36.6 Å². The van der Waals surface area contributed by atoms with E-state index in [9.17, 15) is 5.11 Å². The number of aliphatic hydroxyl groups excluding tert-OH is 1. The number of likely N-dealkylation sites (tertiary alicyclic amines) is 1. The van der Waals surface area contributed by atoms with Crippen molar-refractivity contribution in [2.75, 3.05) is 25.0 Å². The van der Waals surface area contributed by atoms with Crippen LogP contribution in [0.1, 0.15) is 12.8 Å². The molecule has 1 aromatic carbocycles. The maximum absolute atomic E-state index is 10.2. The third-order valence-corrected chi connectivity index (χ3v) is 4.58. The van der Waals surface area contributed by atoms with Crippen molar-refractivity contribution in [3.05, 3.63) is 47.7 Å². The number of halogens is 1. The van der Waals surface area contributed by atoms with Gasteiger partial charge in [-0.05, 0) is 31.0 Å². The molecule has 0 saturated carbocycles. The van der Waals surface area contributed by atoms with Crippen LogP contribution in [0.5, 0.6) is 0 Å². The standard InChI is InChI=1S/C17H23ClN4O/c18-16-4-1-2-5-17(16)20-14-6-10-21(11-7-14)12-15(23)13-22-9-3-8-19-22/h1-5,8-9,14-15,20,23H,6-7,10-13H2. The van der Waals surface area contributed by atoms with Crippen LogP contribution in [0.2, 0.25) is 5.02 Å². The summed E-state index contributed by atoms with van der Waals surface area (Å²) in [5, 5.41) is 18.6. The molecule has 2 N–H and O–H groups in total. The fourth-order valence-electron chi connectivity index (χ4n) is 3.04. The van der Waals surface area contributed by atoms with Gasteiger partial charge in [-0.25, -0.2) is 0 Å². The van der Waals surface area contributed by atoms with E-state index in [0.29, 0.717) is 19.1 Å². The van der Waals surface area contributed by atoms with Gasteiger partial charge < -0.3 is 15.3 Å². The summed E-state index contributed by atoms with van der Waals surface area (Å²) in [7, 11) is 0. The maximum Gasteiger partial charge on any atom is 0.0862 e. The van der Waals surface area contributed by atoms with E-state index in [-0.39, 0.29) is 6.10 Å². The summed E-state index contributed by atoms with van der Waals surface area (Å²) in [6, 6.07) is 10.2. The fourth-order valence-corrected chi connectivity index (χ4v) is 3.23. The van der Waals surface area contributed by atoms with Crippen molar-refractivity contribution >= 4 is 17.3 Å². The van der Waals surface area contributed by atoms with Gasteiger partial charge in [0.25, 0.3) is 0 Å². The zero-order valence-electron chi connectivity index (χ0n) is 13.1. The van der Waals surface area contributed by atoms with Gasteiger partial charge in [0.15, 0.2) is 0 Å². The SMILES string of the molecule is OC(CN1CCC(Nc2ccccc2Cl)CC1)Cn1cccn1. The van der Waals surface area contributed by atoms with Gasteiger partial charge in [0.05, 0.1) is 23.4 Å². The summed E-state index contributed by atoms with van der Waals surface area (Å²) in [5.41, 5.74) is 1.01. The van der Waals surface area contributed by atoms with E-state index in [1.54, 1.807) is 10.9 Å². The summed E-state index contributed by atoms with van der Waals surface area (Å²) in [6.07, 6.45) is 5.34. The molecule has 1 aliphatic heterocycles. The third kappa shape index (κ3) is 4.70. The van der Waals surface area contributed by atoms with E-state index >= 15 is 0 Å². The number of rotatable bonds is 6. The topological polar surface area (TPSA) is 53.3 Å².